The maximum absolute atomic E-state index is 13.2. The fourth-order valence-corrected chi connectivity index (χ4v) is 6.58. The van der Waals surface area contributed by atoms with Gasteiger partial charge >= 0.3 is 0 Å². The highest BCUT2D eigenvalue weighted by Gasteiger charge is 2.34. The van der Waals surface area contributed by atoms with Gasteiger partial charge in [0.15, 0.2) is 4.32 Å². The van der Waals surface area contributed by atoms with E-state index in [-0.39, 0.29) is 5.91 Å². The lowest BCUT2D eigenvalue weighted by atomic mass is 10.2. The molecule has 1 amide bonds. The number of methoxy groups -OCH3 is 1. The Hall–Kier alpha value is -1.63. The van der Waals surface area contributed by atoms with Crippen LogP contribution >= 0.6 is 69.2 Å². The van der Waals surface area contributed by atoms with Crippen LogP contribution in [0.2, 0.25) is 0 Å². The van der Waals surface area contributed by atoms with Crippen LogP contribution in [-0.2, 0) is 11.4 Å². The number of rotatable bonds is 6. The van der Waals surface area contributed by atoms with Gasteiger partial charge in [0.1, 0.15) is 18.1 Å². The number of hydrogen-bond donors (Lipinski definition) is 0. The Labute approximate surface area is 223 Å². The second-order valence-corrected chi connectivity index (χ2v) is 10.8. The molecular formula is C24H17I2NO3S2. The molecule has 4 rings (SSSR count). The van der Waals surface area contributed by atoms with Gasteiger partial charge in [0.25, 0.3) is 5.91 Å². The number of ether oxygens (including phenoxy) is 2. The first-order valence-electron chi connectivity index (χ1n) is 9.54. The lowest BCUT2D eigenvalue weighted by Gasteiger charge is -2.17. The number of nitrogens with zero attached hydrogens (tertiary/aromatic N) is 1. The van der Waals surface area contributed by atoms with Crippen LogP contribution in [0.25, 0.3) is 6.08 Å². The summed E-state index contributed by atoms with van der Waals surface area (Å²) in [6.07, 6.45) is 1.88. The Morgan fingerprint density at radius 3 is 2.38 bits per heavy atom. The van der Waals surface area contributed by atoms with E-state index < -0.39 is 0 Å². The molecule has 32 heavy (non-hydrogen) atoms. The molecule has 3 aromatic rings. The molecule has 0 radical (unpaired) electrons. The maximum atomic E-state index is 13.2. The molecule has 0 spiro atoms. The van der Waals surface area contributed by atoms with Crippen molar-refractivity contribution >= 4 is 91.2 Å². The minimum Gasteiger partial charge on any atom is -0.495 e. The third-order valence-electron chi connectivity index (χ3n) is 4.66. The van der Waals surface area contributed by atoms with Crippen molar-refractivity contribution in [2.45, 2.75) is 6.61 Å². The first kappa shape index (κ1) is 23.5. The zero-order chi connectivity index (χ0) is 22.7. The van der Waals surface area contributed by atoms with Crippen LogP contribution in [0.5, 0.6) is 11.5 Å². The van der Waals surface area contributed by atoms with E-state index in [4.69, 9.17) is 21.7 Å². The predicted molar refractivity (Wildman–Crippen MR) is 151 cm³/mol. The molecule has 0 bridgehead atoms. The Morgan fingerprint density at radius 2 is 1.69 bits per heavy atom. The molecule has 0 unspecified atom stereocenters. The van der Waals surface area contributed by atoms with E-state index >= 15 is 0 Å². The first-order valence-corrected chi connectivity index (χ1v) is 12.9. The van der Waals surface area contributed by atoms with Gasteiger partial charge in [-0.1, -0.05) is 66.4 Å². The topological polar surface area (TPSA) is 38.8 Å². The Bertz CT molecular complexity index is 1190. The minimum absolute atomic E-state index is 0.154. The summed E-state index contributed by atoms with van der Waals surface area (Å²) in [7, 11) is 1.58. The molecule has 0 aliphatic carbocycles. The van der Waals surface area contributed by atoms with Gasteiger partial charge in [0, 0.05) is 0 Å². The van der Waals surface area contributed by atoms with Crippen LogP contribution in [0.4, 0.5) is 5.69 Å². The van der Waals surface area contributed by atoms with E-state index in [1.807, 2.05) is 72.8 Å². The van der Waals surface area contributed by atoms with Crippen molar-refractivity contribution in [2.24, 2.45) is 0 Å². The van der Waals surface area contributed by atoms with E-state index in [2.05, 4.69) is 45.2 Å². The summed E-state index contributed by atoms with van der Waals surface area (Å²) >= 11 is 11.3. The maximum Gasteiger partial charge on any atom is 0.270 e. The summed E-state index contributed by atoms with van der Waals surface area (Å²) in [5.41, 5.74) is 2.68. The van der Waals surface area contributed by atoms with Crippen molar-refractivity contribution in [3.8, 4) is 11.5 Å². The SMILES string of the molecule is COc1ccccc1N1C(=O)/C(=C\c2cc(I)c(OCc3ccccc3)c(I)c2)SC1=S. The Balaban J connectivity index is 1.57. The summed E-state index contributed by atoms with van der Waals surface area (Å²) in [5, 5.41) is 0. The number of para-hydroxylation sites is 2. The van der Waals surface area contributed by atoms with E-state index in [0.29, 0.717) is 27.3 Å². The van der Waals surface area contributed by atoms with Gasteiger partial charge < -0.3 is 9.47 Å². The van der Waals surface area contributed by atoms with E-state index in [1.165, 1.54) is 16.7 Å². The standard InChI is InChI=1S/C24H17I2NO3S2/c1-29-20-10-6-5-9-19(20)27-23(28)21(32-24(27)31)13-16-11-17(25)22(18(26)12-16)30-14-15-7-3-2-4-8-15/h2-13H,14H2,1H3/b21-13+. The monoisotopic (exact) mass is 685 g/mol. The van der Waals surface area contributed by atoms with Crippen LogP contribution in [0.15, 0.2) is 71.6 Å². The largest absolute Gasteiger partial charge is 0.495 e. The van der Waals surface area contributed by atoms with Gasteiger partial charge in [0.05, 0.1) is 24.8 Å². The van der Waals surface area contributed by atoms with Crippen molar-refractivity contribution in [3.05, 3.63) is 89.9 Å². The zero-order valence-corrected chi connectivity index (χ0v) is 22.8. The van der Waals surface area contributed by atoms with Crippen LogP contribution in [-0.4, -0.2) is 17.3 Å². The number of benzene rings is 3. The number of anilines is 1. The highest BCUT2D eigenvalue weighted by atomic mass is 127. The molecule has 4 nitrogen and oxygen atoms in total. The lowest BCUT2D eigenvalue weighted by molar-refractivity contribution is -0.113. The molecule has 162 valence electrons. The van der Waals surface area contributed by atoms with Gasteiger partial charge in [-0.2, -0.15) is 0 Å². The van der Waals surface area contributed by atoms with Crippen molar-refractivity contribution < 1.29 is 14.3 Å². The van der Waals surface area contributed by atoms with Gasteiger partial charge in [-0.25, -0.2) is 0 Å². The second kappa shape index (κ2) is 10.5. The molecule has 1 heterocycles. The Morgan fingerprint density at radius 1 is 1.03 bits per heavy atom. The average Bonchev–Trinajstić information content (AvgIpc) is 3.06. The molecule has 1 aliphatic heterocycles. The van der Waals surface area contributed by atoms with Crippen molar-refractivity contribution in [3.63, 3.8) is 0 Å². The fraction of sp³-hybridized carbons (Fsp3) is 0.0833. The van der Waals surface area contributed by atoms with Crippen molar-refractivity contribution in [1.82, 2.24) is 0 Å². The zero-order valence-electron chi connectivity index (χ0n) is 16.9. The summed E-state index contributed by atoms with van der Waals surface area (Å²) in [6, 6.07) is 21.5. The van der Waals surface area contributed by atoms with E-state index in [0.717, 1.165) is 24.0 Å². The molecule has 0 aromatic heterocycles. The molecular weight excluding hydrogens is 668 g/mol. The third kappa shape index (κ3) is 5.13. The number of thioether (sulfide) groups is 1. The van der Waals surface area contributed by atoms with Gasteiger partial charge in [-0.15, -0.1) is 0 Å². The third-order valence-corrected chi connectivity index (χ3v) is 7.57. The summed E-state index contributed by atoms with van der Waals surface area (Å²) < 4.78 is 13.9. The van der Waals surface area contributed by atoms with E-state index in [1.54, 1.807) is 7.11 Å². The molecule has 3 aromatic carbocycles. The van der Waals surface area contributed by atoms with Crippen LogP contribution in [0.3, 0.4) is 0 Å². The number of thiocarbonyl (C=S) groups is 1. The second-order valence-electron chi connectivity index (χ2n) is 6.78. The van der Waals surface area contributed by atoms with Crippen LogP contribution < -0.4 is 14.4 Å². The van der Waals surface area contributed by atoms with Crippen molar-refractivity contribution in [2.75, 3.05) is 12.0 Å². The van der Waals surface area contributed by atoms with Crippen molar-refractivity contribution in [1.29, 1.82) is 0 Å². The van der Waals surface area contributed by atoms with Crippen LogP contribution in [0.1, 0.15) is 11.1 Å². The molecule has 0 saturated carbocycles. The number of hydrogen-bond acceptors (Lipinski definition) is 5. The van der Waals surface area contributed by atoms with Crippen LogP contribution in [0, 0.1) is 7.14 Å². The number of halogens is 2. The quantitative estimate of drug-likeness (QED) is 0.161. The number of carbonyl (C=O) groups excluding carboxylic acids is 1. The summed E-state index contributed by atoms with van der Waals surface area (Å²) in [6.45, 7) is 0.504. The van der Waals surface area contributed by atoms with Gasteiger partial charge in [-0.3, -0.25) is 9.69 Å². The number of amides is 1. The fourth-order valence-electron chi connectivity index (χ4n) is 3.17. The Kier molecular flexibility index (Phi) is 7.74. The molecule has 8 heteroatoms. The molecule has 1 aliphatic rings. The van der Waals surface area contributed by atoms with E-state index in [9.17, 15) is 4.79 Å². The van der Waals surface area contributed by atoms with Gasteiger partial charge in [0.2, 0.25) is 0 Å². The molecule has 0 atom stereocenters. The highest BCUT2D eigenvalue weighted by molar-refractivity contribution is 14.1. The summed E-state index contributed by atoms with van der Waals surface area (Å²) in [4.78, 5) is 15.3. The number of carbonyl (C=O) groups is 1. The summed E-state index contributed by atoms with van der Waals surface area (Å²) in [5.74, 6) is 1.29. The smallest absolute Gasteiger partial charge is 0.270 e. The predicted octanol–water partition coefficient (Wildman–Crippen LogP) is 6.89. The molecule has 0 N–H and O–H groups in total. The average molecular weight is 685 g/mol. The lowest BCUT2D eigenvalue weighted by Crippen LogP contribution is -2.27. The minimum atomic E-state index is -0.154. The normalized spacial score (nSPS) is 14.8. The molecule has 1 fully saturated rings. The molecule has 1 saturated heterocycles. The first-order chi connectivity index (χ1) is 15.5. The highest BCUT2D eigenvalue weighted by Crippen LogP contribution is 2.40. The van der Waals surface area contributed by atoms with Gasteiger partial charge in [-0.05, 0) is 86.7 Å².